The number of aliphatic hydroxyl groups is 2. The van der Waals surface area contributed by atoms with Crippen LogP contribution in [-0.2, 0) is 38.4 Å². The van der Waals surface area contributed by atoms with E-state index in [0.717, 1.165) is 57.1 Å². The zero-order chi connectivity index (χ0) is 34.4. The van der Waals surface area contributed by atoms with E-state index >= 15 is 0 Å². The van der Waals surface area contributed by atoms with Crippen LogP contribution in [0.3, 0.4) is 0 Å². The molecule has 260 valence electrons. The second-order valence-corrected chi connectivity index (χ2v) is 12.9. The molecule has 2 radical (unpaired) electrons. The number of fused-ring (bicyclic) bond motifs is 2. The number of hydrogen-bond acceptors (Lipinski definition) is 6. The van der Waals surface area contributed by atoms with E-state index in [9.17, 15) is 9.59 Å². The molecule has 0 aromatic heterocycles. The highest BCUT2D eigenvalue weighted by Crippen LogP contribution is 2.29. The van der Waals surface area contributed by atoms with Crippen LogP contribution in [0.2, 0.25) is 0 Å². The Morgan fingerprint density at radius 2 is 1.51 bits per heavy atom. The van der Waals surface area contributed by atoms with Gasteiger partial charge in [0.1, 0.15) is 7.85 Å². The molecule has 1 fully saturated rings. The molecular formula is C38H59BN2O6. The quantitative estimate of drug-likeness (QED) is 0.171. The minimum absolute atomic E-state index is 0.0595. The molecule has 1 saturated heterocycles. The maximum atomic E-state index is 13.2. The summed E-state index contributed by atoms with van der Waals surface area (Å²) >= 11 is 0. The second kappa shape index (κ2) is 23.6. The predicted molar refractivity (Wildman–Crippen MR) is 191 cm³/mol. The van der Waals surface area contributed by atoms with Crippen molar-refractivity contribution in [2.24, 2.45) is 0 Å². The topological polar surface area (TPSA) is 108 Å². The van der Waals surface area contributed by atoms with E-state index < -0.39 is 0 Å². The zero-order valence-corrected chi connectivity index (χ0v) is 29.3. The highest BCUT2D eigenvalue weighted by atomic mass is 16.5. The summed E-state index contributed by atoms with van der Waals surface area (Å²) in [6.07, 6.45) is 10.4. The minimum atomic E-state index is -0.167. The molecule has 0 saturated carbocycles. The Labute approximate surface area is 285 Å². The zero-order valence-electron chi connectivity index (χ0n) is 29.3. The molecule has 2 unspecified atom stereocenters. The lowest BCUT2D eigenvalue weighted by atomic mass is 9.95. The largest absolute Gasteiger partial charge is 0.396 e. The molecule has 2 atom stereocenters. The van der Waals surface area contributed by atoms with E-state index in [-0.39, 0.29) is 42.7 Å². The summed E-state index contributed by atoms with van der Waals surface area (Å²) in [5, 5.41) is 19.8. The van der Waals surface area contributed by atoms with Crippen molar-refractivity contribution < 1.29 is 29.3 Å². The number of aliphatic hydroxyl groups excluding tert-OH is 2. The molecule has 2 heterocycles. The Kier molecular flexibility index (Phi) is 20.3. The summed E-state index contributed by atoms with van der Waals surface area (Å²) in [4.78, 5) is 27.1. The number of nitrogens with zero attached hydrogens (tertiary/aromatic N) is 1. The van der Waals surface area contributed by atoms with Gasteiger partial charge in [-0.3, -0.25) is 9.59 Å². The Morgan fingerprint density at radius 1 is 0.894 bits per heavy atom. The van der Waals surface area contributed by atoms with Gasteiger partial charge in [0.2, 0.25) is 11.8 Å². The fraction of sp³-hybridized carbons (Fsp3) is 0.632. The SMILES string of the molecule is CC(C)O.O=C(CCCCC(=O)N1Cc2ccccc2CCc2ccccc21)NCCCCCCO.[B]C1CCC(COC(C)C)O1. The van der Waals surface area contributed by atoms with Crippen LogP contribution in [0.15, 0.2) is 48.5 Å². The van der Waals surface area contributed by atoms with Crippen molar-refractivity contribution in [3.63, 3.8) is 0 Å². The molecule has 47 heavy (non-hydrogen) atoms. The van der Waals surface area contributed by atoms with Crippen molar-refractivity contribution in [1.82, 2.24) is 5.32 Å². The summed E-state index contributed by atoms with van der Waals surface area (Å²) in [6.45, 7) is 9.70. The summed E-state index contributed by atoms with van der Waals surface area (Å²) in [6, 6.07) is 16.6. The molecule has 4 rings (SSSR count). The van der Waals surface area contributed by atoms with Gasteiger partial charge in [0.15, 0.2) is 0 Å². The number of rotatable bonds is 14. The molecule has 2 aromatic rings. The predicted octanol–water partition coefficient (Wildman–Crippen LogP) is 6.02. The standard InChI is InChI=1S/C27H36N2O3.C8H15BO2.C3H8O/c30-20-10-2-1-9-19-28-26(31)15-7-8-16-27(32)29-21-24-13-4-3-11-22(24)17-18-23-12-5-6-14-25(23)29;1-6(2)10-5-7-3-4-8(9)11-7;1-3(2)4/h3-6,11-14,30H,1-2,7-10,15-21H2,(H,28,31);6-8H,3-5H2,1-2H3;3-4H,1-2H3. The third-order valence-corrected chi connectivity index (χ3v) is 7.90. The number of unbranched alkanes of at least 4 members (excludes halogenated alkanes) is 4. The molecular weight excluding hydrogens is 591 g/mol. The van der Waals surface area contributed by atoms with Gasteiger partial charge in [-0.05, 0) is 102 Å². The molecule has 0 bridgehead atoms. The second-order valence-electron chi connectivity index (χ2n) is 12.9. The minimum Gasteiger partial charge on any atom is -0.396 e. The monoisotopic (exact) mass is 650 g/mol. The first kappa shape index (κ1) is 40.5. The van der Waals surface area contributed by atoms with E-state index in [1.165, 1.54) is 16.7 Å². The molecule has 3 N–H and O–H groups in total. The fourth-order valence-electron chi connectivity index (χ4n) is 5.45. The van der Waals surface area contributed by atoms with Crippen LogP contribution in [0.5, 0.6) is 0 Å². The third kappa shape index (κ3) is 17.3. The van der Waals surface area contributed by atoms with Crippen LogP contribution in [-0.4, -0.2) is 73.9 Å². The number of para-hydroxylation sites is 1. The number of hydrogen-bond donors (Lipinski definition) is 3. The first-order valence-corrected chi connectivity index (χ1v) is 17.6. The van der Waals surface area contributed by atoms with Gasteiger partial charge in [0.25, 0.3) is 0 Å². The maximum Gasteiger partial charge on any atom is 0.227 e. The average Bonchev–Trinajstić information content (AvgIpc) is 3.46. The van der Waals surface area contributed by atoms with Gasteiger partial charge < -0.3 is 29.9 Å². The average molecular weight is 651 g/mol. The summed E-state index contributed by atoms with van der Waals surface area (Å²) < 4.78 is 10.8. The van der Waals surface area contributed by atoms with Crippen LogP contribution < -0.4 is 10.2 Å². The van der Waals surface area contributed by atoms with Gasteiger partial charge in [0.05, 0.1) is 25.4 Å². The number of anilines is 1. The summed E-state index contributed by atoms with van der Waals surface area (Å²) in [5.74, 6) is 0.184. The lowest BCUT2D eigenvalue weighted by Gasteiger charge is -2.29. The lowest BCUT2D eigenvalue weighted by Crippen LogP contribution is -2.32. The van der Waals surface area contributed by atoms with Crippen LogP contribution in [0.25, 0.3) is 0 Å². The summed E-state index contributed by atoms with van der Waals surface area (Å²) in [5.41, 5.74) is 4.77. The lowest BCUT2D eigenvalue weighted by molar-refractivity contribution is -0.122. The van der Waals surface area contributed by atoms with E-state index in [1.54, 1.807) is 13.8 Å². The number of carbonyl (C=O) groups excluding carboxylic acids is 2. The Hall–Kier alpha value is -2.72. The molecule has 0 aliphatic carbocycles. The van der Waals surface area contributed by atoms with E-state index in [4.69, 9.17) is 27.5 Å². The number of amides is 2. The van der Waals surface area contributed by atoms with E-state index in [2.05, 4.69) is 35.6 Å². The van der Waals surface area contributed by atoms with Crippen molar-refractivity contribution in [2.45, 2.75) is 136 Å². The van der Waals surface area contributed by atoms with Gasteiger partial charge >= 0.3 is 0 Å². The first-order chi connectivity index (χ1) is 22.6. The van der Waals surface area contributed by atoms with Crippen LogP contribution in [0.1, 0.15) is 109 Å². The first-order valence-electron chi connectivity index (χ1n) is 17.6. The molecule has 0 spiro atoms. The number of nitrogens with one attached hydrogen (secondary N) is 1. The highest BCUT2D eigenvalue weighted by molar-refractivity contribution is 6.11. The Morgan fingerprint density at radius 3 is 2.17 bits per heavy atom. The van der Waals surface area contributed by atoms with E-state index in [1.807, 2.05) is 36.9 Å². The van der Waals surface area contributed by atoms with Gasteiger partial charge in [-0.25, -0.2) is 0 Å². The fourth-order valence-corrected chi connectivity index (χ4v) is 5.45. The van der Waals surface area contributed by atoms with Crippen molar-refractivity contribution in [3.8, 4) is 0 Å². The third-order valence-electron chi connectivity index (χ3n) is 7.90. The summed E-state index contributed by atoms with van der Waals surface area (Å²) in [7, 11) is 5.55. The smallest absolute Gasteiger partial charge is 0.227 e. The molecule has 2 amide bonds. The Bertz CT molecular complexity index is 1160. The van der Waals surface area contributed by atoms with Crippen LogP contribution in [0.4, 0.5) is 5.69 Å². The molecule has 8 nitrogen and oxygen atoms in total. The van der Waals surface area contributed by atoms with Gasteiger partial charge in [-0.1, -0.05) is 55.3 Å². The molecule has 2 aliphatic heterocycles. The number of ether oxygens (including phenoxy) is 2. The number of benzene rings is 2. The van der Waals surface area contributed by atoms with Crippen molar-refractivity contribution in [3.05, 3.63) is 65.2 Å². The van der Waals surface area contributed by atoms with Gasteiger partial charge in [0, 0.05) is 43.8 Å². The molecule has 2 aromatic carbocycles. The Balaban J connectivity index is 0.000000423. The van der Waals surface area contributed by atoms with Gasteiger partial charge in [-0.2, -0.15) is 0 Å². The van der Waals surface area contributed by atoms with Crippen LogP contribution >= 0.6 is 0 Å². The maximum absolute atomic E-state index is 13.2. The number of carbonyl (C=O) groups is 2. The number of aryl methyl sites for hydroxylation is 2. The van der Waals surface area contributed by atoms with Crippen LogP contribution in [0, 0.1) is 0 Å². The highest BCUT2D eigenvalue weighted by Gasteiger charge is 2.23. The van der Waals surface area contributed by atoms with Crippen molar-refractivity contribution in [1.29, 1.82) is 0 Å². The normalized spacial score (nSPS) is 17.0. The molecule has 9 heteroatoms. The van der Waals surface area contributed by atoms with Crippen molar-refractivity contribution >= 4 is 25.3 Å². The van der Waals surface area contributed by atoms with Crippen molar-refractivity contribution in [2.75, 3.05) is 24.7 Å². The molecule has 2 aliphatic rings. The van der Waals surface area contributed by atoms with Gasteiger partial charge in [-0.15, -0.1) is 0 Å². The van der Waals surface area contributed by atoms with E-state index in [0.29, 0.717) is 45.4 Å².